The molecule has 84 valence electrons. The fourth-order valence-electron chi connectivity index (χ4n) is 1.66. The number of hydrogen-bond donors (Lipinski definition) is 1. The Morgan fingerprint density at radius 3 is 3.06 bits per heavy atom. The third-order valence-electron chi connectivity index (χ3n) is 2.40. The second kappa shape index (κ2) is 4.32. The number of aromatic nitrogens is 2. The number of aliphatic hydroxyl groups is 1. The zero-order valence-electron chi connectivity index (χ0n) is 8.88. The Morgan fingerprint density at radius 2 is 2.38 bits per heavy atom. The van der Waals surface area contributed by atoms with E-state index >= 15 is 0 Å². The second-order valence-electron chi connectivity index (χ2n) is 3.32. The summed E-state index contributed by atoms with van der Waals surface area (Å²) in [6, 6.07) is 5.31. The van der Waals surface area contributed by atoms with Crippen LogP contribution in [0.15, 0.2) is 24.4 Å². The van der Waals surface area contributed by atoms with E-state index in [2.05, 4.69) is 9.84 Å². The average Bonchev–Trinajstić information content (AvgIpc) is 2.72. The number of methoxy groups -OCH3 is 1. The van der Waals surface area contributed by atoms with Gasteiger partial charge < -0.3 is 9.84 Å². The van der Waals surface area contributed by atoms with Crippen molar-refractivity contribution in [3.8, 4) is 0 Å². The zero-order valence-corrected chi connectivity index (χ0v) is 8.88. The number of esters is 1. The summed E-state index contributed by atoms with van der Waals surface area (Å²) < 4.78 is 6.34. The van der Waals surface area contributed by atoms with Gasteiger partial charge in [-0.25, -0.2) is 4.79 Å². The summed E-state index contributed by atoms with van der Waals surface area (Å²) >= 11 is 0. The highest BCUT2D eigenvalue weighted by molar-refractivity contribution is 6.03. The monoisotopic (exact) mass is 220 g/mol. The molecular weight excluding hydrogens is 208 g/mol. The normalized spacial score (nSPS) is 10.6. The maximum Gasteiger partial charge on any atom is 0.338 e. The molecule has 0 amide bonds. The minimum absolute atomic E-state index is 0.0131. The van der Waals surface area contributed by atoms with E-state index in [4.69, 9.17) is 5.11 Å². The molecule has 0 fully saturated rings. The van der Waals surface area contributed by atoms with Crippen LogP contribution in [0, 0.1) is 0 Å². The van der Waals surface area contributed by atoms with Crippen LogP contribution in [0.2, 0.25) is 0 Å². The van der Waals surface area contributed by atoms with Crippen LogP contribution >= 0.6 is 0 Å². The minimum atomic E-state index is -0.380. The smallest absolute Gasteiger partial charge is 0.338 e. The van der Waals surface area contributed by atoms with Crippen molar-refractivity contribution < 1.29 is 14.6 Å². The number of nitrogens with zero attached hydrogens (tertiary/aromatic N) is 2. The number of carbonyl (C=O) groups excluding carboxylic acids is 1. The van der Waals surface area contributed by atoms with Crippen molar-refractivity contribution in [1.29, 1.82) is 0 Å². The molecule has 2 rings (SSSR count). The Balaban J connectivity index is 2.57. The molecular formula is C11H12N2O3. The minimum Gasteiger partial charge on any atom is -0.465 e. The molecule has 0 spiro atoms. The first-order valence-electron chi connectivity index (χ1n) is 4.91. The van der Waals surface area contributed by atoms with Crippen LogP contribution in [-0.4, -0.2) is 34.6 Å². The number of fused-ring (bicyclic) bond motifs is 1. The lowest BCUT2D eigenvalue weighted by Crippen LogP contribution is -2.04. The SMILES string of the molecule is COC(=O)c1cccc2c1cnn2CCO. The van der Waals surface area contributed by atoms with Crippen LogP contribution in [0.1, 0.15) is 10.4 Å². The highest BCUT2D eigenvalue weighted by Gasteiger charge is 2.12. The van der Waals surface area contributed by atoms with Crippen LogP contribution in [0.5, 0.6) is 0 Å². The van der Waals surface area contributed by atoms with Gasteiger partial charge >= 0.3 is 5.97 Å². The highest BCUT2D eigenvalue weighted by atomic mass is 16.5. The number of benzene rings is 1. The quantitative estimate of drug-likeness (QED) is 0.777. The average molecular weight is 220 g/mol. The molecule has 5 nitrogen and oxygen atoms in total. The van der Waals surface area contributed by atoms with Gasteiger partial charge in [0.25, 0.3) is 0 Å². The molecule has 2 aromatic rings. The number of rotatable bonds is 3. The van der Waals surface area contributed by atoms with E-state index < -0.39 is 0 Å². The van der Waals surface area contributed by atoms with Gasteiger partial charge in [-0.1, -0.05) is 6.07 Å². The van der Waals surface area contributed by atoms with Gasteiger partial charge in [0, 0.05) is 5.39 Å². The molecule has 0 bridgehead atoms. The van der Waals surface area contributed by atoms with Crippen LogP contribution < -0.4 is 0 Å². The van der Waals surface area contributed by atoms with Gasteiger partial charge in [0.1, 0.15) is 0 Å². The van der Waals surface area contributed by atoms with E-state index in [1.807, 2.05) is 6.07 Å². The van der Waals surface area contributed by atoms with Crippen molar-refractivity contribution in [3.63, 3.8) is 0 Å². The third kappa shape index (κ3) is 1.65. The molecule has 5 heteroatoms. The van der Waals surface area contributed by atoms with E-state index in [0.29, 0.717) is 12.1 Å². The second-order valence-corrected chi connectivity index (χ2v) is 3.32. The van der Waals surface area contributed by atoms with Crippen molar-refractivity contribution in [2.75, 3.05) is 13.7 Å². The van der Waals surface area contributed by atoms with Crippen LogP contribution in [0.3, 0.4) is 0 Å². The Labute approximate surface area is 92.2 Å². The highest BCUT2D eigenvalue weighted by Crippen LogP contribution is 2.19. The van der Waals surface area contributed by atoms with Crippen LogP contribution in [0.25, 0.3) is 10.9 Å². The summed E-state index contributed by atoms with van der Waals surface area (Å²) in [7, 11) is 1.35. The summed E-state index contributed by atoms with van der Waals surface area (Å²) in [6.07, 6.45) is 1.61. The molecule has 0 aliphatic heterocycles. The van der Waals surface area contributed by atoms with Gasteiger partial charge in [0.2, 0.25) is 0 Å². The maximum atomic E-state index is 11.5. The summed E-state index contributed by atoms with van der Waals surface area (Å²) in [5, 5.41) is 13.7. The number of aliphatic hydroxyl groups excluding tert-OH is 1. The molecule has 16 heavy (non-hydrogen) atoms. The molecule has 0 saturated heterocycles. The van der Waals surface area contributed by atoms with Crippen LogP contribution in [-0.2, 0) is 11.3 Å². The fourth-order valence-corrected chi connectivity index (χ4v) is 1.66. The standard InChI is InChI=1S/C11H12N2O3/c1-16-11(15)8-3-2-4-10-9(8)7-12-13(10)5-6-14/h2-4,7,14H,5-6H2,1H3. The number of ether oxygens (including phenoxy) is 1. The Bertz CT molecular complexity index is 519. The summed E-state index contributed by atoms with van der Waals surface area (Å²) in [5.74, 6) is -0.380. The topological polar surface area (TPSA) is 64.3 Å². The summed E-state index contributed by atoms with van der Waals surface area (Å²) in [6.45, 7) is 0.424. The van der Waals surface area contributed by atoms with Crippen LogP contribution in [0.4, 0.5) is 0 Å². The lowest BCUT2D eigenvalue weighted by atomic mass is 10.1. The first kappa shape index (κ1) is 10.6. The van der Waals surface area contributed by atoms with Gasteiger partial charge in [-0.15, -0.1) is 0 Å². The summed E-state index contributed by atoms with van der Waals surface area (Å²) in [5.41, 5.74) is 1.31. The number of carbonyl (C=O) groups is 1. The Hall–Kier alpha value is -1.88. The molecule has 1 aromatic carbocycles. The lowest BCUT2D eigenvalue weighted by molar-refractivity contribution is 0.0603. The van der Waals surface area contributed by atoms with Crippen molar-refractivity contribution in [3.05, 3.63) is 30.0 Å². The third-order valence-corrected chi connectivity index (χ3v) is 2.40. The first-order chi connectivity index (χ1) is 7.77. The van der Waals surface area contributed by atoms with E-state index in [1.54, 1.807) is 23.0 Å². The Morgan fingerprint density at radius 1 is 1.56 bits per heavy atom. The Kier molecular flexibility index (Phi) is 2.87. The van der Waals surface area contributed by atoms with Crippen molar-refractivity contribution in [1.82, 2.24) is 9.78 Å². The zero-order chi connectivity index (χ0) is 11.5. The molecule has 0 radical (unpaired) electrons. The number of hydrogen-bond acceptors (Lipinski definition) is 4. The van der Waals surface area contributed by atoms with Gasteiger partial charge in [0.15, 0.2) is 0 Å². The molecule has 1 N–H and O–H groups in total. The van der Waals surface area contributed by atoms with Crippen molar-refractivity contribution in [2.24, 2.45) is 0 Å². The van der Waals surface area contributed by atoms with E-state index in [9.17, 15) is 4.79 Å². The fraction of sp³-hybridized carbons (Fsp3) is 0.273. The van der Waals surface area contributed by atoms with Gasteiger partial charge in [0.05, 0.1) is 37.5 Å². The summed E-state index contributed by atoms with van der Waals surface area (Å²) in [4.78, 5) is 11.5. The first-order valence-corrected chi connectivity index (χ1v) is 4.91. The van der Waals surface area contributed by atoms with Crippen molar-refractivity contribution >= 4 is 16.9 Å². The predicted molar refractivity (Wildman–Crippen MR) is 58.2 cm³/mol. The molecule has 0 aliphatic rings. The molecule has 0 unspecified atom stereocenters. The maximum absolute atomic E-state index is 11.5. The van der Waals surface area contributed by atoms with E-state index in [-0.39, 0.29) is 12.6 Å². The van der Waals surface area contributed by atoms with Crippen molar-refractivity contribution in [2.45, 2.75) is 6.54 Å². The molecule has 0 aliphatic carbocycles. The largest absolute Gasteiger partial charge is 0.465 e. The molecule has 0 atom stereocenters. The predicted octanol–water partition coefficient (Wildman–Crippen LogP) is 0.815. The molecule has 0 saturated carbocycles. The lowest BCUT2D eigenvalue weighted by Gasteiger charge is -2.02. The van der Waals surface area contributed by atoms with E-state index in [1.165, 1.54) is 7.11 Å². The molecule has 1 heterocycles. The molecule has 1 aromatic heterocycles. The van der Waals surface area contributed by atoms with E-state index in [0.717, 1.165) is 10.9 Å². The van der Waals surface area contributed by atoms with Gasteiger partial charge in [-0.2, -0.15) is 5.10 Å². The van der Waals surface area contributed by atoms with Gasteiger partial charge in [-0.3, -0.25) is 4.68 Å². The van der Waals surface area contributed by atoms with Gasteiger partial charge in [-0.05, 0) is 12.1 Å².